The van der Waals surface area contributed by atoms with Crippen LogP contribution in [0.4, 0.5) is 11.4 Å². The quantitative estimate of drug-likeness (QED) is 0.662. The zero-order valence-corrected chi connectivity index (χ0v) is 11.6. The third kappa shape index (κ3) is 3.46. The summed E-state index contributed by atoms with van der Waals surface area (Å²) >= 11 is 0. The van der Waals surface area contributed by atoms with Crippen LogP contribution in [0.3, 0.4) is 0 Å². The molecule has 6 nitrogen and oxygen atoms in total. The molecule has 0 radical (unpaired) electrons. The van der Waals surface area contributed by atoms with E-state index in [4.69, 9.17) is 0 Å². The molecule has 1 saturated heterocycles. The van der Waals surface area contributed by atoms with Gasteiger partial charge in [-0.15, -0.1) is 0 Å². The molecular weight excluding hydrogens is 258 g/mol. The number of nitro groups is 1. The molecule has 2 rings (SSSR count). The Bertz CT molecular complexity index is 510. The van der Waals surface area contributed by atoms with Crippen molar-refractivity contribution in [2.45, 2.75) is 26.2 Å². The van der Waals surface area contributed by atoms with Gasteiger partial charge in [0.05, 0.1) is 4.92 Å². The number of carbonyl (C=O) groups is 1. The molecule has 1 amide bonds. The number of rotatable bonds is 5. The molecule has 0 aromatic heterocycles. The van der Waals surface area contributed by atoms with Gasteiger partial charge in [-0.1, -0.05) is 6.07 Å². The van der Waals surface area contributed by atoms with E-state index in [1.165, 1.54) is 6.07 Å². The van der Waals surface area contributed by atoms with Crippen LogP contribution in [0, 0.1) is 17.0 Å². The Labute approximate surface area is 117 Å². The first kappa shape index (κ1) is 14.3. The third-order valence-electron chi connectivity index (χ3n) is 3.46. The molecule has 20 heavy (non-hydrogen) atoms. The maximum absolute atomic E-state index is 11.9. The average Bonchev–Trinajstić information content (AvgIpc) is 2.92. The van der Waals surface area contributed by atoms with E-state index in [-0.39, 0.29) is 11.6 Å². The van der Waals surface area contributed by atoms with Gasteiger partial charge in [-0.25, -0.2) is 0 Å². The van der Waals surface area contributed by atoms with Crippen molar-refractivity contribution < 1.29 is 9.72 Å². The maximum Gasteiger partial charge on any atom is 0.292 e. The Balaban J connectivity index is 1.91. The maximum atomic E-state index is 11.9. The lowest BCUT2D eigenvalue weighted by Gasteiger charge is -2.15. The third-order valence-corrected chi connectivity index (χ3v) is 3.46. The molecule has 1 aliphatic rings. The van der Waals surface area contributed by atoms with Gasteiger partial charge in [0.15, 0.2) is 0 Å². The van der Waals surface area contributed by atoms with Crippen molar-refractivity contribution in [1.82, 2.24) is 4.90 Å². The predicted molar refractivity (Wildman–Crippen MR) is 76.8 cm³/mol. The fourth-order valence-corrected chi connectivity index (χ4v) is 2.38. The first-order chi connectivity index (χ1) is 9.58. The molecule has 1 aromatic carbocycles. The summed E-state index contributed by atoms with van der Waals surface area (Å²) in [4.78, 5) is 24.2. The summed E-state index contributed by atoms with van der Waals surface area (Å²) in [7, 11) is 0. The Hall–Kier alpha value is -2.11. The van der Waals surface area contributed by atoms with Crippen LogP contribution in [0.5, 0.6) is 0 Å². The zero-order valence-electron chi connectivity index (χ0n) is 11.6. The number of amides is 1. The number of hydrogen-bond acceptors (Lipinski definition) is 4. The predicted octanol–water partition coefficient (Wildman–Crippen LogP) is 2.33. The van der Waals surface area contributed by atoms with E-state index >= 15 is 0 Å². The topological polar surface area (TPSA) is 75.5 Å². The Morgan fingerprint density at radius 2 is 2.10 bits per heavy atom. The van der Waals surface area contributed by atoms with Gasteiger partial charge in [0.2, 0.25) is 5.91 Å². The lowest BCUT2D eigenvalue weighted by atomic mass is 10.2. The van der Waals surface area contributed by atoms with Crippen molar-refractivity contribution in [3.8, 4) is 0 Å². The lowest BCUT2D eigenvalue weighted by Crippen LogP contribution is -2.29. The van der Waals surface area contributed by atoms with Gasteiger partial charge < -0.3 is 10.2 Å². The number of nitrogens with zero attached hydrogens (tertiary/aromatic N) is 2. The van der Waals surface area contributed by atoms with Crippen LogP contribution in [-0.4, -0.2) is 35.4 Å². The molecule has 6 heteroatoms. The molecule has 0 spiro atoms. The summed E-state index contributed by atoms with van der Waals surface area (Å²) in [5.74, 6) is 0.116. The number of nitrogens with one attached hydrogen (secondary N) is 1. The van der Waals surface area contributed by atoms with Crippen LogP contribution < -0.4 is 5.32 Å². The minimum Gasteiger partial charge on any atom is -0.379 e. The van der Waals surface area contributed by atoms with Crippen molar-refractivity contribution in [1.29, 1.82) is 0 Å². The fourth-order valence-electron chi connectivity index (χ4n) is 2.38. The molecular formula is C14H19N3O3. The summed E-state index contributed by atoms with van der Waals surface area (Å²) in [5, 5.41) is 13.9. The van der Waals surface area contributed by atoms with Gasteiger partial charge in [0.1, 0.15) is 5.69 Å². The van der Waals surface area contributed by atoms with Crippen molar-refractivity contribution >= 4 is 17.3 Å². The largest absolute Gasteiger partial charge is 0.379 e. The van der Waals surface area contributed by atoms with Crippen LogP contribution in [-0.2, 0) is 4.79 Å². The van der Waals surface area contributed by atoms with Gasteiger partial charge in [-0.2, -0.15) is 0 Å². The number of nitro benzene ring substituents is 1. The van der Waals surface area contributed by atoms with Crippen LogP contribution >= 0.6 is 0 Å². The number of carbonyl (C=O) groups excluding carboxylic acids is 1. The van der Waals surface area contributed by atoms with E-state index in [0.29, 0.717) is 18.7 Å². The monoisotopic (exact) mass is 277 g/mol. The fraction of sp³-hybridized carbons (Fsp3) is 0.500. The summed E-state index contributed by atoms with van der Waals surface area (Å²) in [6.45, 7) is 3.97. The molecule has 108 valence electrons. The molecule has 0 bridgehead atoms. The van der Waals surface area contributed by atoms with E-state index in [0.717, 1.165) is 31.5 Å². The molecule has 0 saturated carbocycles. The van der Waals surface area contributed by atoms with Gasteiger partial charge in [-0.05, 0) is 31.4 Å². The molecule has 0 aliphatic carbocycles. The summed E-state index contributed by atoms with van der Waals surface area (Å²) < 4.78 is 0. The number of aryl methyl sites for hydroxylation is 1. The average molecular weight is 277 g/mol. The van der Waals surface area contributed by atoms with Crippen molar-refractivity contribution in [3.05, 3.63) is 33.9 Å². The van der Waals surface area contributed by atoms with Crippen LogP contribution in [0.2, 0.25) is 0 Å². The molecule has 0 unspecified atom stereocenters. The zero-order chi connectivity index (χ0) is 14.5. The first-order valence-corrected chi connectivity index (χ1v) is 6.84. The molecule has 1 heterocycles. The molecule has 1 aliphatic heterocycles. The standard InChI is InChI=1S/C14H19N3O3/c1-11-4-5-13(17(19)20)12(10-11)15-7-6-14(18)16-8-2-3-9-16/h4-5,10,15H,2-3,6-9H2,1H3. The first-order valence-electron chi connectivity index (χ1n) is 6.84. The van der Waals surface area contributed by atoms with E-state index < -0.39 is 4.92 Å². The molecule has 1 fully saturated rings. The van der Waals surface area contributed by atoms with Crippen LogP contribution in [0.25, 0.3) is 0 Å². The normalized spacial score (nSPS) is 14.3. The minimum absolute atomic E-state index is 0.0456. The number of benzene rings is 1. The smallest absolute Gasteiger partial charge is 0.292 e. The molecule has 1 N–H and O–H groups in total. The highest BCUT2D eigenvalue weighted by Gasteiger charge is 2.18. The number of hydrogen-bond donors (Lipinski definition) is 1. The second-order valence-electron chi connectivity index (χ2n) is 5.04. The lowest BCUT2D eigenvalue weighted by molar-refractivity contribution is -0.384. The van der Waals surface area contributed by atoms with E-state index in [2.05, 4.69) is 5.32 Å². The highest BCUT2D eigenvalue weighted by atomic mass is 16.6. The molecule has 1 aromatic rings. The van der Waals surface area contributed by atoms with Crippen LogP contribution in [0.15, 0.2) is 18.2 Å². The number of anilines is 1. The Kier molecular flexibility index (Phi) is 4.55. The van der Waals surface area contributed by atoms with E-state index in [9.17, 15) is 14.9 Å². The van der Waals surface area contributed by atoms with Gasteiger partial charge >= 0.3 is 0 Å². The van der Waals surface area contributed by atoms with Gasteiger partial charge in [0.25, 0.3) is 5.69 Å². The van der Waals surface area contributed by atoms with E-state index in [1.807, 2.05) is 11.8 Å². The van der Waals surface area contributed by atoms with Crippen LogP contribution in [0.1, 0.15) is 24.8 Å². The van der Waals surface area contributed by atoms with Gasteiger partial charge in [-0.3, -0.25) is 14.9 Å². The van der Waals surface area contributed by atoms with Gasteiger partial charge in [0, 0.05) is 32.1 Å². The van der Waals surface area contributed by atoms with Crippen molar-refractivity contribution in [3.63, 3.8) is 0 Å². The minimum atomic E-state index is -0.413. The summed E-state index contributed by atoms with van der Waals surface area (Å²) in [5.41, 5.74) is 1.47. The van der Waals surface area contributed by atoms with E-state index in [1.54, 1.807) is 12.1 Å². The van der Waals surface area contributed by atoms with Crippen molar-refractivity contribution in [2.75, 3.05) is 25.0 Å². The SMILES string of the molecule is Cc1ccc([N+](=O)[O-])c(NCCC(=O)N2CCCC2)c1. The summed E-state index contributed by atoms with van der Waals surface area (Å²) in [6.07, 6.45) is 2.51. The highest BCUT2D eigenvalue weighted by molar-refractivity contribution is 5.77. The molecule has 0 atom stereocenters. The van der Waals surface area contributed by atoms with Crippen molar-refractivity contribution in [2.24, 2.45) is 0 Å². The Morgan fingerprint density at radius 3 is 2.75 bits per heavy atom. The Morgan fingerprint density at radius 1 is 1.40 bits per heavy atom. The number of likely N-dealkylation sites (tertiary alicyclic amines) is 1. The highest BCUT2D eigenvalue weighted by Crippen LogP contribution is 2.25. The summed E-state index contributed by atoms with van der Waals surface area (Å²) in [6, 6.07) is 4.93. The second-order valence-corrected chi connectivity index (χ2v) is 5.04. The second kappa shape index (κ2) is 6.36.